The lowest BCUT2D eigenvalue weighted by molar-refractivity contribution is -0.143. The molecule has 302 valence electrons. The average molecular weight is 779 g/mol. The summed E-state index contributed by atoms with van der Waals surface area (Å²) < 4.78 is 13.9. The molecule has 2 saturated heterocycles. The summed E-state index contributed by atoms with van der Waals surface area (Å²) in [6, 6.07) is 1.99. The average Bonchev–Trinajstić information content (AvgIpc) is 3.80. The van der Waals surface area contributed by atoms with Crippen molar-refractivity contribution in [2.24, 2.45) is 11.8 Å². The number of halogens is 1. The van der Waals surface area contributed by atoms with Crippen molar-refractivity contribution in [3.05, 3.63) is 65.7 Å². The molecule has 5 rings (SSSR count). The molecule has 2 aliphatic heterocycles. The SMILES string of the molecule is CC(C)C[C@@H]1NC(=O)[C@@H]2CCC[C@H]2NC(=O)[C@H](C)NC(=O)C2C[C@@H](NC(=O)c3cncc(F)c3)CN2C(=O)[C@H](Cc2ccccc2)NC(=O)[C@H]([C@@H](C)O)NC1=O. The second-order valence-corrected chi connectivity index (χ2v) is 15.4. The number of benzene rings is 1. The predicted octanol–water partition coefficient (Wildman–Crippen LogP) is -0.153. The molecule has 1 aliphatic carbocycles. The van der Waals surface area contributed by atoms with Gasteiger partial charge in [-0.15, -0.1) is 0 Å². The minimum absolute atomic E-state index is 0.0592. The fourth-order valence-corrected chi connectivity index (χ4v) is 7.52. The van der Waals surface area contributed by atoms with Crippen LogP contribution in [-0.4, -0.2) is 111 Å². The molecule has 3 fully saturated rings. The molecule has 3 heterocycles. The van der Waals surface area contributed by atoms with Gasteiger partial charge in [-0.25, -0.2) is 4.39 Å². The summed E-state index contributed by atoms with van der Waals surface area (Å²) in [6.07, 6.45) is 2.27. The van der Waals surface area contributed by atoms with Gasteiger partial charge in [0.2, 0.25) is 35.4 Å². The van der Waals surface area contributed by atoms with Crippen molar-refractivity contribution in [3.8, 4) is 0 Å². The van der Waals surface area contributed by atoms with Gasteiger partial charge in [0.1, 0.15) is 36.0 Å². The van der Waals surface area contributed by atoms with Gasteiger partial charge < -0.3 is 41.9 Å². The summed E-state index contributed by atoms with van der Waals surface area (Å²) in [5, 5.41) is 27.1. The predicted molar refractivity (Wildman–Crippen MR) is 200 cm³/mol. The Morgan fingerprint density at radius 1 is 0.893 bits per heavy atom. The van der Waals surface area contributed by atoms with Gasteiger partial charge in [0, 0.05) is 31.2 Å². The molecule has 1 saturated carbocycles. The van der Waals surface area contributed by atoms with Gasteiger partial charge in [0.15, 0.2) is 0 Å². The van der Waals surface area contributed by atoms with E-state index in [1.54, 1.807) is 30.3 Å². The normalized spacial score (nSPS) is 28.7. The van der Waals surface area contributed by atoms with E-state index in [0.29, 0.717) is 24.8 Å². The van der Waals surface area contributed by atoms with E-state index in [1.807, 2.05) is 13.8 Å². The van der Waals surface area contributed by atoms with Crippen LogP contribution in [0.25, 0.3) is 0 Å². The summed E-state index contributed by atoms with van der Waals surface area (Å²) in [5.74, 6) is -6.22. The van der Waals surface area contributed by atoms with Crippen LogP contribution in [0.4, 0.5) is 4.39 Å². The third-order valence-corrected chi connectivity index (χ3v) is 10.4. The number of carbonyl (C=O) groups is 7. The first kappa shape index (κ1) is 41.7. The summed E-state index contributed by atoms with van der Waals surface area (Å²) in [6.45, 7) is 6.30. The highest BCUT2D eigenvalue weighted by Gasteiger charge is 2.45. The minimum atomic E-state index is -1.55. The molecule has 9 atom stereocenters. The fourth-order valence-electron chi connectivity index (χ4n) is 7.52. The maximum absolute atomic E-state index is 14.6. The molecule has 56 heavy (non-hydrogen) atoms. The molecular weight excluding hydrogens is 727 g/mol. The number of carbonyl (C=O) groups excluding carboxylic acids is 7. The number of rotatable bonds is 7. The number of hydrogen-bond donors (Lipinski definition) is 7. The zero-order valence-electron chi connectivity index (χ0n) is 31.9. The number of pyridine rings is 1. The lowest BCUT2D eigenvalue weighted by Crippen LogP contribution is -2.61. The zero-order valence-corrected chi connectivity index (χ0v) is 31.9. The van der Waals surface area contributed by atoms with E-state index in [2.05, 4.69) is 36.9 Å². The van der Waals surface area contributed by atoms with Crippen LogP contribution in [0.2, 0.25) is 0 Å². The number of fused-ring (bicyclic) bond motifs is 2. The standard InChI is InChI=1S/C39H51FN8O8/c1-20(2)13-29-36(53)47-32(22(4)49)38(55)46-30(14-23-9-6-5-7-10-23)39(56)48-19-26(43-34(51)24-15-25(40)18-41-17-24)16-31(48)37(54)42-21(3)33(50)44-28-12-8-11-27(28)35(52)45-29/h5-7,9-10,15,17-18,20-22,26-32,49H,8,11-14,16,19H2,1-4H3,(H,42,54)(H,43,51)(H,44,50)(H,45,52)(H,46,55)(H,47,53)/t21-,22+,26+,27+,28+,29-,30-,31?,32-/m0/s1. The van der Waals surface area contributed by atoms with Crippen molar-refractivity contribution in [2.45, 2.75) is 115 Å². The van der Waals surface area contributed by atoms with Crippen LogP contribution in [0.5, 0.6) is 0 Å². The number of aliphatic hydroxyl groups is 1. The molecule has 1 aromatic heterocycles. The van der Waals surface area contributed by atoms with Gasteiger partial charge in [0.25, 0.3) is 5.91 Å². The van der Waals surface area contributed by atoms with Crippen LogP contribution < -0.4 is 31.9 Å². The Morgan fingerprint density at radius 2 is 1.61 bits per heavy atom. The quantitative estimate of drug-likeness (QED) is 0.198. The zero-order chi connectivity index (χ0) is 40.7. The summed E-state index contributed by atoms with van der Waals surface area (Å²) in [7, 11) is 0. The highest BCUT2D eigenvalue weighted by Crippen LogP contribution is 2.27. The Labute approximate surface area is 324 Å². The second kappa shape index (κ2) is 18.5. The molecule has 16 nitrogen and oxygen atoms in total. The third kappa shape index (κ3) is 10.4. The van der Waals surface area contributed by atoms with E-state index in [-0.39, 0.29) is 37.3 Å². The first-order chi connectivity index (χ1) is 26.6. The van der Waals surface area contributed by atoms with Crippen LogP contribution in [-0.2, 0) is 35.2 Å². The van der Waals surface area contributed by atoms with Gasteiger partial charge >= 0.3 is 0 Å². The molecule has 0 spiro atoms. The first-order valence-electron chi connectivity index (χ1n) is 19.1. The van der Waals surface area contributed by atoms with Gasteiger partial charge in [-0.05, 0) is 57.1 Å². The number of amides is 7. The number of nitrogens with one attached hydrogen (secondary N) is 6. The Hall–Kier alpha value is -5.45. The Balaban J connectivity index is 1.51. The van der Waals surface area contributed by atoms with Crippen LogP contribution in [0.1, 0.15) is 75.7 Å². The molecule has 7 amide bonds. The number of aromatic nitrogens is 1. The highest BCUT2D eigenvalue weighted by atomic mass is 19.1. The molecule has 17 heteroatoms. The smallest absolute Gasteiger partial charge is 0.253 e. The van der Waals surface area contributed by atoms with Crippen molar-refractivity contribution in [1.29, 1.82) is 0 Å². The van der Waals surface area contributed by atoms with E-state index >= 15 is 0 Å². The summed E-state index contributed by atoms with van der Waals surface area (Å²) in [5.41, 5.74) is 0.561. The first-order valence-corrected chi connectivity index (χ1v) is 19.1. The largest absolute Gasteiger partial charge is 0.391 e. The van der Waals surface area contributed by atoms with Crippen LogP contribution in [0, 0.1) is 17.7 Å². The van der Waals surface area contributed by atoms with Gasteiger partial charge in [-0.1, -0.05) is 50.6 Å². The molecule has 0 radical (unpaired) electrons. The van der Waals surface area contributed by atoms with Gasteiger partial charge in [-0.3, -0.25) is 38.5 Å². The lowest BCUT2D eigenvalue weighted by atomic mass is 9.98. The number of nitrogens with zero attached hydrogens (tertiary/aromatic N) is 2. The summed E-state index contributed by atoms with van der Waals surface area (Å²) in [4.78, 5) is 102. The number of hydrogen-bond acceptors (Lipinski definition) is 9. The number of aliphatic hydroxyl groups excluding tert-OH is 1. The maximum Gasteiger partial charge on any atom is 0.253 e. The van der Waals surface area contributed by atoms with E-state index in [9.17, 15) is 43.1 Å². The molecule has 3 aliphatic rings. The van der Waals surface area contributed by atoms with Crippen LogP contribution in [0.3, 0.4) is 0 Å². The Bertz CT molecular complexity index is 1790. The van der Waals surface area contributed by atoms with Crippen LogP contribution >= 0.6 is 0 Å². The molecule has 2 aromatic rings. The second-order valence-electron chi connectivity index (χ2n) is 15.4. The molecule has 1 unspecified atom stereocenters. The molecule has 1 aromatic carbocycles. The van der Waals surface area contributed by atoms with Crippen molar-refractivity contribution in [2.75, 3.05) is 6.54 Å². The van der Waals surface area contributed by atoms with E-state index in [0.717, 1.165) is 12.3 Å². The monoisotopic (exact) mass is 778 g/mol. The molecule has 0 bridgehead atoms. The molecule has 7 N–H and O–H groups in total. The van der Waals surface area contributed by atoms with Gasteiger partial charge in [0.05, 0.1) is 23.8 Å². The fraction of sp³-hybridized carbons (Fsp3) is 0.538. The Kier molecular flexibility index (Phi) is 13.7. The molecular formula is C39H51FN8O8. The third-order valence-electron chi connectivity index (χ3n) is 10.4. The van der Waals surface area contributed by atoms with Crippen molar-refractivity contribution >= 4 is 41.4 Å². The van der Waals surface area contributed by atoms with Crippen molar-refractivity contribution < 1.29 is 43.1 Å². The minimum Gasteiger partial charge on any atom is -0.391 e. The van der Waals surface area contributed by atoms with E-state index in [4.69, 9.17) is 0 Å². The van der Waals surface area contributed by atoms with Crippen molar-refractivity contribution in [3.63, 3.8) is 0 Å². The van der Waals surface area contributed by atoms with Crippen LogP contribution in [0.15, 0.2) is 48.8 Å². The Morgan fingerprint density at radius 3 is 2.29 bits per heavy atom. The van der Waals surface area contributed by atoms with Crippen molar-refractivity contribution in [1.82, 2.24) is 41.8 Å². The lowest BCUT2D eigenvalue weighted by Gasteiger charge is -2.31. The van der Waals surface area contributed by atoms with E-state index in [1.165, 1.54) is 24.9 Å². The topological polar surface area (TPSA) is 228 Å². The maximum atomic E-state index is 14.6. The highest BCUT2D eigenvalue weighted by molar-refractivity contribution is 5.98. The summed E-state index contributed by atoms with van der Waals surface area (Å²) >= 11 is 0. The van der Waals surface area contributed by atoms with E-state index < -0.39 is 101 Å². The van der Waals surface area contributed by atoms with Gasteiger partial charge in [-0.2, -0.15) is 0 Å².